The van der Waals surface area contributed by atoms with Crippen LogP contribution in [0, 0.1) is 0 Å². The molecule has 1 aliphatic heterocycles. The highest BCUT2D eigenvalue weighted by Gasteiger charge is 2.22. The van der Waals surface area contributed by atoms with Crippen LogP contribution in [0.1, 0.15) is 31.7 Å². The van der Waals surface area contributed by atoms with Crippen molar-refractivity contribution in [1.82, 2.24) is 5.43 Å². The van der Waals surface area contributed by atoms with Crippen molar-refractivity contribution in [3.05, 3.63) is 29.8 Å². The summed E-state index contributed by atoms with van der Waals surface area (Å²) in [6.07, 6.45) is 3.65. The van der Waals surface area contributed by atoms with Gasteiger partial charge in [-0.3, -0.25) is 10.2 Å². The molecule has 18 heavy (non-hydrogen) atoms. The molecule has 4 heteroatoms. The summed E-state index contributed by atoms with van der Waals surface area (Å²) in [4.78, 5) is 13.5. The van der Waals surface area contributed by atoms with Crippen LogP contribution in [-0.4, -0.2) is 18.5 Å². The molecule has 98 valence electrons. The molecule has 1 aliphatic rings. The molecule has 0 fully saturated rings. The summed E-state index contributed by atoms with van der Waals surface area (Å²) in [5, 5.41) is 0. The van der Waals surface area contributed by atoms with Gasteiger partial charge in [0.05, 0.1) is 0 Å². The van der Waals surface area contributed by atoms with Gasteiger partial charge in [-0.2, -0.15) is 0 Å². The molecule has 4 nitrogen and oxygen atoms in total. The van der Waals surface area contributed by atoms with Crippen molar-refractivity contribution in [2.24, 2.45) is 5.84 Å². The van der Waals surface area contributed by atoms with Crippen molar-refractivity contribution in [3.63, 3.8) is 0 Å². The third-order valence-corrected chi connectivity index (χ3v) is 3.63. The summed E-state index contributed by atoms with van der Waals surface area (Å²) in [5.74, 6) is 4.99. The number of benzene rings is 1. The molecule has 3 N–H and O–H groups in total. The number of nitrogens with zero attached hydrogens (tertiary/aromatic N) is 1. The lowest BCUT2D eigenvalue weighted by molar-refractivity contribution is -0.121. The second kappa shape index (κ2) is 5.87. The first-order valence-electron chi connectivity index (χ1n) is 6.56. The Labute approximate surface area is 108 Å². The average Bonchev–Trinajstić information content (AvgIpc) is 2.41. The molecule has 1 amide bonds. The van der Waals surface area contributed by atoms with Crippen LogP contribution < -0.4 is 16.2 Å². The van der Waals surface area contributed by atoms with Gasteiger partial charge in [0, 0.05) is 24.7 Å². The van der Waals surface area contributed by atoms with Crippen LogP contribution >= 0.6 is 0 Å². The number of nitrogens with one attached hydrogen (secondary N) is 1. The van der Waals surface area contributed by atoms with Crippen molar-refractivity contribution in [2.75, 3.05) is 11.4 Å². The predicted molar refractivity (Wildman–Crippen MR) is 73.1 cm³/mol. The van der Waals surface area contributed by atoms with Gasteiger partial charge in [0.2, 0.25) is 5.91 Å². The minimum absolute atomic E-state index is 0.0899. The number of amides is 1. The maximum atomic E-state index is 11.1. The largest absolute Gasteiger partial charge is 0.369 e. The number of hydrogen-bond acceptors (Lipinski definition) is 3. The second-order valence-corrected chi connectivity index (χ2v) is 4.88. The number of fused-ring (bicyclic) bond motifs is 1. The predicted octanol–water partition coefficient (Wildman–Crippen LogP) is 1.60. The van der Waals surface area contributed by atoms with E-state index in [1.54, 1.807) is 0 Å². The number of nitrogens with two attached hydrogens (primary N) is 1. The Bertz CT molecular complexity index is 419. The topological polar surface area (TPSA) is 58.4 Å². The number of hydrogen-bond donors (Lipinski definition) is 2. The Balaban J connectivity index is 2.01. The van der Waals surface area contributed by atoms with E-state index in [-0.39, 0.29) is 5.91 Å². The van der Waals surface area contributed by atoms with Gasteiger partial charge in [0.1, 0.15) is 0 Å². The van der Waals surface area contributed by atoms with Gasteiger partial charge in [-0.05, 0) is 37.8 Å². The van der Waals surface area contributed by atoms with E-state index in [9.17, 15) is 4.79 Å². The standard InChI is InChI=1S/C14H21N3O/c1-11-8-9-12-5-2-3-6-13(12)17(11)10-4-7-14(18)16-15/h2-3,5-6,11H,4,7-10,15H2,1H3,(H,16,18). The van der Waals surface area contributed by atoms with Gasteiger partial charge >= 0.3 is 0 Å². The first-order chi connectivity index (χ1) is 8.72. The van der Waals surface area contributed by atoms with Gasteiger partial charge in [-0.1, -0.05) is 18.2 Å². The minimum atomic E-state index is -0.0899. The highest BCUT2D eigenvalue weighted by atomic mass is 16.2. The molecule has 0 saturated carbocycles. The molecule has 0 saturated heterocycles. The molecule has 1 heterocycles. The third-order valence-electron chi connectivity index (χ3n) is 3.63. The highest BCUT2D eigenvalue weighted by Crippen LogP contribution is 2.30. The van der Waals surface area contributed by atoms with Gasteiger partial charge < -0.3 is 4.90 Å². The maximum absolute atomic E-state index is 11.1. The van der Waals surface area contributed by atoms with Gasteiger partial charge in [0.15, 0.2) is 0 Å². The van der Waals surface area contributed by atoms with Crippen LogP contribution in [0.15, 0.2) is 24.3 Å². The number of anilines is 1. The zero-order chi connectivity index (χ0) is 13.0. The lowest BCUT2D eigenvalue weighted by atomic mass is 9.96. The number of aryl methyl sites for hydroxylation is 1. The Morgan fingerprint density at radius 3 is 3.06 bits per heavy atom. The molecule has 0 bridgehead atoms. The summed E-state index contributed by atoms with van der Waals surface area (Å²) in [5.41, 5.74) is 4.91. The van der Waals surface area contributed by atoms with Crippen molar-refractivity contribution in [1.29, 1.82) is 0 Å². The van der Waals surface area contributed by atoms with Crippen molar-refractivity contribution in [2.45, 2.75) is 38.6 Å². The van der Waals surface area contributed by atoms with E-state index in [1.807, 2.05) is 0 Å². The van der Waals surface area contributed by atoms with Gasteiger partial charge in [-0.15, -0.1) is 0 Å². The van der Waals surface area contributed by atoms with E-state index in [2.05, 4.69) is 41.5 Å². The van der Waals surface area contributed by atoms with Crippen LogP contribution in [0.3, 0.4) is 0 Å². The van der Waals surface area contributed by atoms with Crippen molar-refractivity contribution in [3.8, 4) is 0 Å². The molecule has 0 aromatic heterocycles. The number of rotatable bonds is 4. The fourth-order valence-electron chi connectivity index (χ4n) is 2.58. The summed E-state index contributed by atoms with van der Waals surface area (Å²) in [6.45, 7) is 3.16. The highest BCUT2D eigenvalue weighted by molar-refractivity contribution is 5.75. The monoisotopic (exact) mass is 247 g/mol. The van der Waals surface area contributed by atoms with Crippen LogP contribution in [0.2, 0.25) is 0 Å². The summed E-state index contributed by atoms with van der Waals surface area (Å²) >= 11 is 0. The molecule has 2 rings (SSSR count). The molecular weight excluding hydrogens is 226 g/mol. The van der Waals surface area contributed by atoms with Crippen molar-refractivity contribution < 1.29 is 4.79 Å². The zero-order valence-electron chi connectivity index (χ0n) is 10.9. The Kier molecular flexibility index (Phi) is 4.20. The maximum Gasteiger partial charge on any atom is 0.233 e. The van der Waals surface area contributed by atoms with E-state index >= 15 is 0 Å². The van der Waals surface area contributed by atoms with E-state index in [0.29, 0.717) is 12.5 Å². The first kappa shape index (κ1) is 12.9. The Hall–Kier alpha value is -1.55. The SMILES string of the molecule is CC1CCc2ccccc2N1CCCC(=O)NN. The lowest BCUT2D eigenvalue weighted by Gasteiger charge is -2.37. The summed E-state index contributed by atoms with van der Waals surface area (Å²) < 4.78 is 0. The fourth-order valence-corrected chi connectivity index (χ4v) is 2.58. The molecular formula is C14H21N3O. The Morgan fingerprint density at radius 1 is 1.50 bits per heavy atom. The van der Waals surface area contributed by atoms with Crippen LogP contribution in [0.25, 0.3) is 0 Å². The summed E-state index contributed by atoms with van der Waals surface area (Å²) in [7, 11) is 0. The Morgan fingerprint density at radius 2 is 2.28 bits per heavy atom. The number of para-hydroxylation sites is 1. The smallest absolute Gasteiger partial charge is 0.233 e. The van der Waals surface area contributed by atoms with E-state index < -0.39 is 0 Å². The third kappa shape index (κ3) is 2.82. The van der Waals surface area contributed by atoms with Gasteiger partial charge in [0.25, 0.3) is 0 Å². The summed E-state index contributed by atoms with van der Waals surface area (Å²) in [6, 6.07) is 9.08. The zero-order valence-corrected chi connectivity index (χ0v) is 10.9. The number of carbonyl (C=O) groups is 1. The van der Waals surface area contributed by atoms with E-state index in [1.165, 1.54) is 17.7 Å². The lowest BCUT2D eigenvalue weighted by Crippen LogP contribution is -2.38. The van der Waals surface area contributed by atoms with Crippen LogP contribution in [0.4, 0.5) is 5.69 Å². The molecule has 0 spiro atoms. The number of carbonyl (C=O) groups excluding carboxylic acids is 1. The number of hydrazine groups is 1. The van der Waals surface area contributed by atoms with E-state index in [4.69, 9.17) is 5.84 Å². The molecule has 0 aliphatic carbocycles. The second-order valence-electron chi connectivity index (χ2n) is 4.88. The van der Waals surface area contributed by atoms with Gasteiger partial charge in [-0.25, -0.2) is 5.84 Å². The normalized spacial score (nSPS) is 18.3. The van der Waals surface area contributed by atoms with E-state index in [0.717, 1.165) is 19.4 Å². The molecule has 1 unspecified atom stereocenters. The van der Waals surface area contributed by atoms with Crippen LogP contribution in [-0.2, 0) is 11.2 Å². The molecule has 1 aromatic rings. The van der Waals surface area contributed by atoms with Crippen LogP contribution in [0.5, 0.6) is 0 Å². The molecule has 1 aromatic carbocycles. The molecule has 0 radical (unpaired) electrons. The minimum Gasteiger partial charge on any atom is -0.369 e. The molecule has 1 atom stereocenters. The fraction of sp³-hybridized carbons (Fsp3) is 0.500. The average molecular weight is 247 g/mol. The van der Waals surface area contributed by atoms with Crippen molar-refractivity contribution >= 4 is 11.6 Å². The quantitative estimate of drug-likeness (QED) is 0.482. The first-order valence-corrected chi connectivity index (χ1v) is 6.56.